The summed E-state index contributed by atoms with van der Waals surface area (Å²) in [6, 6.07) is 7.85. The molecule has 2 aliphatic rings. The van der Waals surface area contributed by atoms with Gasteiger partial charge in [0.15, 0.2) is 5.54 Å². The number of carbonyl (C=O) groups is 3. The van der Waals surface area contributed by atoms with Crippen molar-refractivity contribution in [2.75, 3.05) is 24.7 Å². The van der Waals surface area contributed by atoms with E-state index in [0.29, 0.717) is 6.61 Å². The standard InChI is InChI=1S/C20H26N2O5/c1-2-3-4-14-5-7-16(8-6-14)22-12-15(11-17(22)23)18(24)21-20(19(25)26)9-10-27-13-20/h5-8,15H,2-4,9-13H2,1H3,(H,21,24)(H,25,26). The van der Waals surface area contributed by atoms with Crippen LogP contribution in [0.5, 0.6) is 0 Å². The van der Waals surface area contributed by atoms with Crippen molar-refractivity contribution in [2.45, 2.75) is 44.6 Å². The van der Waals surface area contributed by atoms with Gasteiger partial charge in [0.25, 0.3) is 0 Å². The zero-order valence-electron chi connectivity index (χ0n) is 15.6. The lowest BCUT2D eigenvalue weighted by atomic mass is 9.97. The largest absolute Gasteiger partial charge is 0.479 e. The predicted octanol–water partition coefficient (Wildman–Crippen LogP) is 1.74. The molecule has 1 aromatic rings. The minimum atomic E-state index is -1.38. The fraction of sp³-hybridized carbons (Fsp3) is 0.550. The summed E-state index contributed by atoms with van der Waals surface area (Å²) in [5.74, 6) is -2.19. The Morgan fingerprint density at radius 2 is 2.07 bits per heavy atom. The molecule has 2 N–H and O–H groups in total. The van der Waals surface area contributed by atoms with Gasteiger partial charge in [-0.1, -0.05) is 25.5 Å². The van der Waals surface area contributed by atoms with Gasteiger partial charge < -0.3 is 20.1 Å². The molecule has 146 valence electrons. The van der Waals surface area contributed by atoms with E-state index >= 15 is 0 Å². The van der Waals surface area contributed by atoms with Crippen LogP contribution in [0.25, 0.3) is 0 Å². The maximum Gasteiger partial charge on any atom is 0.331 e. The molecule has 2 amide bonds. The number of amides is 2. The van der Waals surface area contributed by atoms with Gasteiger partial charge in [0, 0.05) is 31.7 Å². The van der Waals surface area contributed by atoms with Crippen LogP contribution in [0.3, 0.4) is 0 Å². The number of ether oxygens (including phenoxy) is 1. The van der Waals surface area contributed by atoms with Gasteiger partial charge in [-0.25, -0.2) is 4.79 Å². The second-order valence-corrected chi connectivity index (χ2v) is 7.35. The summed E-state index contributed by atoms with van der Waals surface area (Å²) in [6.45, 7) is 2.66. The maximum absolute atomic E-state index is 12.6. The van der Waals surface area contributed by atoms with Gasteiger partial charge in [0.2, 0.25) is 11.8 Å². The van der Waals surface area contributed by atoms with Gasteiger partial charge in [-0.2, -0.15) is 0 Å². The number of aliphatic carboxylic acids is 1. The van der Waals surface area contributed by atoms with Crippen molar-refractivity contribution >= 4 is 23.5 Å². The molecule has 2 saturated heterocycles. The first kappa shape index (κ1) is 19.4. The fourth-order valence-corrected chi connectivity index (χ4v) is 3.58. The monoisotopic (exact) mass is 374 g/mol. The van der Waals surface area contributed by atoms with Crippen LogP contribution in [0.4, 0.5) is 5.69 Å². The first-order chi connectivity index (χ1) is 12.9. The van der Waals surface area contributed by atoms with E-state index in [0.717, 1.165) is 24.9 Å². The molecule has 0 aliphatic carbocycles. The second-order valence-electron chi connectivity index (χ2n) is 7.35. The first-order valence-electron chi connectivity index (χ1n) is 9.47. The second kappa shape index (κ2) is 8.08. The highest BCUT2D eigenvalue weighted by molar-refractivity contribution is 6.01. The molecule has 3 rings (SSSR count). The Bertz CT molecular complexity index is 710. The Kier molecular flexibility index (Phi) is 5.79. The molecule has 2 atom stereocenters. The van der Waals surface area contributed by atoms with Crippen LogP contribution in [-0.4, -0.2) is 48.2 Å². The molecule has 0 aromatic heterocycles. The van der Waals surface area contributed by atoms with Crippen LogP contribution in [0.1, 0.15) is 38.2 Å². The lowest BCUT2D eigenvalue weighted by Gasteiger charge is -2.25. The van der Waals surface area contributed by atoms with Crippen molar-refractivity contribution in [1.29, 1.82) is 0 Å². The number of unbranched alkanes of at least 4 members (excludes halogenated alkanes) is 1. The quantitative estimate of drug-likeness (QED) is 0.758. The summed E-state index contributed by atoms with van der Waals surface area (Å²) >= 11 is 0. The summed E-state index contributed by atoms with van der Waals surface area (Å²) in [5, 5.41) is 12.1. The molecule has 27 heavy (non-hydrogen) atoms. The summed E-state index contributed by atoms with van der Waals surface area (Å²) in [7, 11) is 0. The molecule has 0 bridgehead atoms. The van der Waals surface area contributed by atoms with E-state index in [2.05, 4.69) is 12.2 Å². The van der Waals surface area contributed by atoms with Crippen molar-refractivity contribution in [3.63, 3.8) is 0 Å². The number of aryl methyl sites for hydroxylation is 1. The van der Waals surface area contributed by atoms with Crippen molar-refractivity contribution in [1.82, 2.24) is 5.32 Å². The molecular formula is C20H26N2O5. The molecule has 2 heterocycles. The highest BCUT2D eigenvalue weighted by Crippen LogP contribution is 2.27. The SMILES string of the molecule is CCCCc1ccc(N2CC(C(=O)NC3(C(=O)O)CCOC3)CC2=O)cc1. The Hall–Kier alpha value is -2.41. The van der Waals surface area contributed by atoms with Gasteiger partial charge in [-0.05, 0) is 30.5 Å². The number of anilines is 1. The number of carboxylic acid groups (broad SMARTS) is 1. The number of carbonyl (C=O) groups excluding carboxylic acids is 2. The number of nitrogens with zero attached hydrogens (tertiary/aromatic N) is 1. The summed E-state index contributed by atoms with van der Waals surface area (Å²) in [6.07, 6.45) is 3.58. The summed E-state index contributed by atoms with van der Waals surface area (Å²) < 4.78 is 5.16. The van der Waals surface area contributed by atoms with Crippen molar-refractivity contribution in [3.8, 4) is 0 Å². The van der Waals surface area contributed by atoms with E-state index in [1.807, 2.05) is 24.3 Å². The molecular weight excluding hydrogens is 348 g/mol. The minimum Gasteiger partial charge on any atom is -0.479 e. The van der Waals surface area contributed by atoms with Crippen LogP contribution < -0.4 is 10.2 Å². The molecule has 0 spiro atoms. The van der Waals surface area contributed by atoms with Gasteiger partial charge in [0.05, 0.1) is 12.5 Å². The lowest BCUT2D eigenvalue weighted by Crippen LogP contribution is -2.56. The Balaban J connectivity index is 1.64. The third kappa shape index (κ3) is 4.13. The summed E-state index contributed by atoms with van der Waals surface area (Å²) in [5.41, 5.74) is 0.618. The average Bonchev–Trinajstić information content (AvgIpc) is 3.28. The molecule has 2 fully saturated rings. The highest BCUT2D eigenvalue weighted by atomic mass is 16.5. The smallest absolute Gasteiger partial charge is 0.331 e. The van der Waals surface area contributed by atoms with Gasteiger partial charge >= 0.3 is 5.97 Å². The van der Waals surface area contributed by atoms with E-state index in [4.69, 9.17) is 4.74 Å². The summed E-state index contributed by atoms with van der Waals surface area (Å²) in [4.78, 5) is 38.2. The zero-order valence-corrected chi connectivity index (χ0v) is 15.6. The molecule has 0 saturated carbocycles. The van der Waals surface area contributed by atoms with Gasteiger partial charge in [-0.15, -0.1) is 0 Å². The third-order valence-corrected chi connectivity index (χ3v) is 5.36. The first-order valence-corrected chi connectivity index (χ1v) is 9.47. The van der Waals surface area contributed by atoms with E-state index in [1.165, 1.54) is 5.56 Å². The van der Waals surface area contributed by atoms with E-state index < -0.39 is 23.3 Å². The Morgan fingerprint density at radius 1 is 1.33 bits per heavy atom. The van der Waals surface area contributed by atoms with Crippen LogP contribution in [0, 0.1) is 5.92 Å². The number of nitrogens with one attached hydrogen (secondary N) is 1. The van der Waals surface area contributed by atoms with Crippen LogP contribution in [0.15, 0.2) is 24.3 Å². The Morgan fingerprint density at radius 3 is 2.67 bits per heavy atom. The number of rotatable bonds is 7. The van der Waals surface area contributed by atoms with Crippen LogP contribution in [0.2, 0.25) is 0 Å². The van der Waals surface area contributed by atoms with Crippen molar-refractivity contribution < 1.29 is 24.2 Å². The topological polar surface area (TPSA) is 95.9 Å². The third-order valence-electron chi connectivity index (χ3n) is 5.36. The maximum atomic E-state index is 12.6. The van der Waals surface area contributed by atoms with Gasteiger partial charge in [-0.3, -0.25) is 9.59 Å². The fourth-order valence-electron chi connectivity index (χ4n) is 3.58. The number of hydrogen-bond donors (Lipinski definition) is 2. The highest BCUT2D eigenvalue weighted by Gasteiger charge is 2.46. The van der Waals surface area contributed by atoms with Crippen molar-refractivity contribution in [3.05, 3.63) is 29.8 Å². The predicted molar refractivity (Wildman–Crippen MR) is 99.5 cm³/mol. The molecule has 7 nitrogen and oxygen atoms in total. The molecule has 1 aromatic carbocycles. The molecule has 0 radical (unpaired) electrons. The van der Waals surface area contributed by atoms with Gasteiger partial charge in [0.1, 0.15) is 0 Å². The normalized spacial score (nSPS) is 25.0. The number of hydrogen-bond acceptors (Lipinski definition) is 4. The number of carboxylic acids is 1. The van der Waals surface area contributed by atoms with E-state index in [1.54, 1.807) is 4.90 Å². The number of benzene rings is 1. The lowest BCUT2D eigenvalue weighted by molar-refractivity contribution is -0.148. The van der Waals surface area contributed by atoms with E-state index in [-0.39, 0.29) is 31.9 Å². The average molecular weight is 374 g/mol. The minimum absolute atomic E-state index is 0.0440. The molecule has 7 heteroatoms. The van der Waals surface area contributed by atoms with Crippen LogP contribution in [-0.2, 0) is 25.5 Å². The molecule has 2 unspecified atom stereocenters. The van der Waals surface area contributed by atoms with E-state index in [9.17, 15) is 19.5 Å². The van der Waals surface area contributed by atoms with Crippen molar-refractivity contribution in [2.24, 2.45) is 5.92 Å². The zero-order chi connectivity index (χ0) is 19.4. The Labute approximate surface area is 158 Å². The van der Waals surface area contributed by atoms with Crippen LogP contribution >= 0.6 is 0 Å². The molecule has 2 aliphatic heterocycles.